The molecule has 1 aromatic heterocycles. The van der Waals surface area contributed by atoms with E-state index in [9.17, 15) is 4.79 Å². The van der Waals surface area contributed by atoms with Gasteiger partial charge >= 0.3 is 5.97 Å². The second-order valence-electron chi connectivity index (χ2n) is 4.88. The predicted octanol–water partition coefficient (Wildman–Crippen LogP) is 2.86. The van der Waals surface area contributed by atoms with Crippen LogP contribution in [0.15, 0.2) is 34.7 Å². The van der Waals surface area contributed by atoms with E-state index in [1.54, 1.807) is 18.2 Å². The second kappa shape index (κ2) is 7.33. The fraction of sp³-hybridized carbons (Fsp3) is 0.312. The second-order valence-corrected chi connectivity index (χ2v) is 5.28. The quantitative estimate of drug-likeness (QED) is 0.827. The van der Waals surface area contributed by atoms with Crippen molar-refractivity contribution >= 4 is 17.6 Å². The van der Waals surface area contributed by atoms with Crippen molar-refractivity contribution in [1.29, 1.82) is 0 Å². The number of ether oxygens (including phenoxy) is 2. The van der Waals surface area contributed by atoms with Gasteiger partial charge in [-0.05, 0) is 30.7 Å². The van der Waals surface area contributed by atoms with Crippen molar-refractivity contribution in [2.24, 2.45) is 5.73 Å². The van der Waals surface area contributed by atoms with Gasteiger partial charge in [0.15, 0.2) is 0 Å². The Balaban J connectivity index is 1.96. The molecule has 0 saturated carbocycles. The Kier molecular flexibility index (Phi) is 5.46. The minimum atomic E-state index is -0.740. The highest BCUT2D eigenvalue weighted by Gasteiger charge is 2.16. The van der Waals surface area contributed by atoms with Crippen LogP contribution in [0.25, 0.3) is 0 Å². The van der Waals surface area contributed by atoms with Crippen LogP contribution >= 0.6 is 11.6 Å². The van der Waals surface area contributed by atoms with Crippen LogP contribution in [0.2, 0.25) is 5.02 Å². The van der Waals surface area contributed by atoms with Gasteiger partial charge in [0.25, 0.3) is 0 Å². The number of benzene rings is 1. The minimum absolute atomic E-state index is 0.248. The van der Waals surface area contributed by atoms with Gasteiger partial charge in [0, 0.05) is 6.42 Å². The highest BCUT2D eigenvalue weighted by molar-refractivity contribution is 6.32. The number of carbonyl (C=O) groups is 1. The van der Waals surface area contributed by atoms with Gasteiger partial charge in [-0.15, -0.1) is 0 Å². The van der Waals surface area contributed by atoms with Crippen molar-refractivity contribution in [2.75, 3.05) is 7.11 Å². The summed E-state index contributed by atoms with van der Waals surface area (Å²) in [6.45, 7) is 2.17. The number of methoxy groups -OCH3 is 1. The smallest absolute Gasteiger partial charge is 0.323 e. The third kappa shape index (κ3) is 4.02. The normalized spacial score (nSPS) is 12.0. The highest BCUT2D eigenvalue weighted by Crippen LogP contribution is 2.28. The molecule has 0 fully saturated rings. The summed E-state index contributed by atoms with van der Waals surface area (Å²) in [4.78, 5) is 11.3. The molecular formula is C16H18ClNO4. The van der Waals surface area contributed by atoms with E-state index in [0.717, 1.165) is 5.56 Å². The standard InChI is InChI=1S/C16H18ClNO4/c1-10-4-3-5-13(17)15(10)21-9-12-7-6-11(22-12)8-14(18)16(19)20-2/h3-7,14H,8-9,18H2,1-2H3. The zero-order valence-electron chi connectivity index (χ0n) is 12.5. The summed E-state index contributed by atoms with van der Waals surface area (Å²) in [6.07, 6.45) is 0.276. The van der Waals surface area contributed by atoms with Crippen LogP contribution < -0.4 is 10.5 Å². The van der Waals surface area contributed by atoms with E-state index in [-0.39, 0.29) is 13.0 Å². The minimum Gasteiger partial charge on any atom is -0.484 e. The maximum absolute atomic E-state index is 11.3. The third-order valence-electron chi connectivity index (χ3n) is 3.16. The number of para-hydroxylation sites is 1. The lowest BCUT2D eigenvalue weighted by atomic mass is 10.2. The van der Waals surface area contributed by atoms with Crippen LogP contribution in [0, 0.1) is 6.92 Å². The predicted molar refractivity (Wildman–Crippen MR) is 82.9 cm³/mol. The van der Waals surface area contributed by atoms with Gasteiger partial charge in [0.1, 0.15) is 29.9 Å². The summed E-state index contributed by atoms with van der Waals surface area (Å²) >= 11 is 6.10. The largest absolute Gasteiger partial charge is 0.484 e. The molecule has 1 aromatic carbocycles. The van der Waals surface area contributed by atoms with E-state index in [2.05, 4.69) is 4.74 Å². The maximum Gasteiger partial charge on any atom is 0.323 e. The van der Waals surface area contributed by atoms with Crippen LogP contribution in [0.4, 0.5) is 0 Å². The lowest BCUT2D eigenvalue weighted by Crippen LogP contribution is -2.33. The van der Waals surface area contributed by atoms with Gasteiger partial charge in [-0.1, -0.05) is 23.7 Å². The first-order valence-corrected chi connectivity index (χ1v) is 7.18. The Hall–Kier alpha value is -1.98. The van der Waals surface area contributed by atoms with E-state index in [0.29, 0.717) is 22.3 Å². The number of halogens is 1. The first-order valence-electron chi connectivity index (χ1n) is 6.80. The number of aryl methyl sites for hydroxylation is 1. The molecule has 5 nitrogen and oxygen atoms in total. The first kappa shape index (κ1) is 16.4. The van der Waals surface area contributed by atoms with Crippen molar-refractivity contribution in [1.82, 2.24) is 0 Å². The van der Waals surface area contributed by atoms with E-state index in [1.165, 1.54) is 7.11 Å². The average molecular weight is 324 g/mol. The third-order valence-corrected chi connectivity index (χ3v) is 3.46. The number of furan rings is 1. The molecular weight excluding hydrogens is 306 g/mol. The SMILES string of the molecule is COC(=O)C(N)Cc1ccc(COc2c(C)cccc2Cl)o1. The summed E-state index contributed by atoms with van der Waals surface area (Å²) in [7, 11) is 1.30. The zero-order chi connectivity index (χ0) is 16.1. The van der Waals surface area contributed by atoms with Crippen molar-refractivity contribution in [3.8, 4) is 5.75 Å². The van der Waals surface area contributed by atoms with Gasteiger partial charge in [0.05, 0.1) is 12.1 Å². The molecule has 1 atom stereocenters. The van der Waals surface area contributed by atoms with Crippen LogP contribution in [0.5, 0.6) is 5.75 Å². The van der Waals surface area contributed by atoms with Crippen LogP contribution in [-0.4, -0.2) is 19.1 Å². The zero-order valence-corrected chi connectivity index (χ0v) is 13.2. The van der Waals surface area contributed by atoms with Crippen LogP contribution in [0.3, 0.4) is 0 Å². The molecule has 118 valence electrons. The molecule has 6 heteroatoms. The number of carbonyl (C=O) groups excluding carboxylic acids is 1. The molecule has 1 heterocycles. The Bertz CT molecular complexity index is 633. The maximum atomic E-state index is 11.3. The average Bonchev–Trinajstić information content (AvgIpc) is 2.93. The number of nitrogens with two attached hydrogens (primary N) is 1. The molecule has 2 aromatic rings. The summed E-state index contributed by atoms with van der Waals surface area (Å²) in [6, 6.07) is 8.36. The Labute approximate surface area is 134 Å². The monoisotopic (exact) mass is 323 g/mol. The van der Waals surface area contributed by atoms with Gasteiger partial charge in [-0.25, -0.2) is 0 Å². The molecule has 22 heavy (non-hydrogen) atoms. The topological polar surface area (TPSA) is 74.7 Å². The number of esters is 1. The highest BCUT2D eigenvalue weighted by atomic mass is 35.5. The fourth-order valence-electron chi connectivity index (χ4n) is 2.00. The summed E-state index contributed by atoms with van der Waals surface area (Å²) in [5, 5.41) is 0.555. The number of rotatable bonds is 6. The van der Waals surface area contributed by atoms with Gasteiger partial charge in [0.2, 0.25) is 0 Å². The van der Waals surface area contributed by atoms with E-state index in [1.807, 2.05) is 19.1 Å². The summed E-state index contributed by atoms with van der Waals surface area (Å²) < 4.78 is 15.9. The van der Waals surface area contributed by atoms with Crippen molar-refractivity contribution in [3.05, 3.63) is 52.4 Å². The molecule has 0 aliphatic heterocycles. The molecule has 0 aliphatic rings. The molecule has 2 N–H and O–H groups in total. The molecule has 0 saturated heterocycles. The summed E-state index contributed by atoms with van der Waals surface area (Å²) in [5.41, 5.74) is 6.64. The van der Waals surface area contributed by atoms with Crippen LogP contribution in [-0.2, 0) is 22.6 Å². The lowest BCUT2D eigenvalue weighted by Gasteiger charge is -2.09. The Morgan fingerprint density at radius 2 is 2.05 bits per heavy atom. The van der Waals surface area contributed by atoms with Crippen molar-refractivity contribution in [2.45, 2.75) is 26.0 Å². The van der Waals surface area contributed by atoms with Gasteiger partial charge in [-0.3, -0.25) is 4.79 Å². The molecule has 0 bridgehead atoms. The first-order chi connectivity index (χ1) is 10.5. The van der Waals surface area contributed by atoms with E-state index in [4.69, 9.17) is 26.5 Å². The molecule has 1 unspecified atom stereocenters. The number of hydrogen-bond donors (Lipinski definition) is 1. The molecule has 0 radical (unpaired) electrons. The van der Waals surface area contributed by atoms with Crippen molar-refractivity contribution in [3.63, 3.8) is 0 Å². The lowest BCUT2D eigenvalue weighted by molar-refractivity contribution is -0.142. The van der Waals surface area contributed by atoms with Gasteiger partial charge in [-0.2, -0.15) is 0 Å². The van der Waals surface area contributed by atoms with E-state index >= 15 is 0 Å². The summed E-state index contributed by atoms with van der Waals surface area (Å²) in [5.74, 6) is 1.40. The molecule has 0 aliphatic carbocycles. The molecule has 0 amide bonds. The fourth-order valence-corrected chi connectivity index (χ4v) is 2.28. The van der Waals surface area contributed by atoms with Crippen LogP contribution in [0.1, 0.15) is 17.1 Å². The molecule has 0 spiro atoms. The van der Waals surface area contributed by atoms with Gasteiger partial charge < -0.3 is 19.6 Å². The molecule has 2 rings (SSSR count). The Morgan fingerprint density at radius 1 is 1.32 bits per heavy atom. The Morgan fingerprint density at radius 3 is 2.73 bits per heavy atom. The van der Waals surface area contributed by atoms with E-state index < -0.39 is 12.0 Å². The van der Waals surface area contributed by atoms with Crippen molar-refractivity contribution < 1.29 is 18.7 Å². The number of hydrogen-bond acceptors (Lipinski definition) is 5.